The minimum absolute atomic E-state index is 0.449. The van der Waals surface area contributed by atoms with Gasteiger partial charge in [0.25, 0.3) is 0 Å². The molecule has 2 aliphatic carbocycles. The fourth-order valence-electron chi connectivity index (χ4n) is 3.73. The fraction of sp³-hybridized carbons (Fsp3) is 1.00. The molecule has 0 aliphatic heterocycles. The Hall–Kier alpha value is -0.0800. The highest BCUT2D eigenvalue weighted by Crippen LogP contribution is 2.36. The maximum Gasteiger partial charge on any atom is 0.00965 e. The van der Waals surface area contributed by atoms with E-state index in [0.717, 1.165) is 29.7 Å². The highest BCUT2D eigenvalue weighted by atomic mass is 15.2. The van der Waals surface area contributed by atoms with Gasteiger partial charge < -0.3 is 10.6 Å². The lowest BCUT2D eigenvalue weighted by Gasteiger charge is -2.39. The Morgan fingerprint density at radius 3 is 2.30 bits per heavy atom. The molecule has 20 heavy (non-hydrogen) atoms. The zero-order valence-electron chi connectivity index (χ0n) is 14.1. The molecule has 0 aromatic rings. The average molecular weight is 281 g/mol. The molecule has 0 saturated heterocycles. The van der Waals surface area contributed by atoms with Crippen molar-refractivity contribution in [2.75, 3.05) is 13.1 Å². The van der Waals surface area contributed by atoms with Crippen LogP contribution in [0.3, 0.4) is 0 Å². The van der Waals surface area contributed by atoms with Crippen LogP contribution >= 0.6 is 0 Å². The van der Waals surface area contributed by atoms with Gasteiger partial charge >= 0.3 is 0 Å². The predicted octanol–water partition coefficient (Wildman–Crippen LogP) is 3.90. The minimum Gasteiger partial charge on any atom is -0.327 e. The summed E-state index contributed by atoms with van der Waals surface area (Å²) >= 11 is 0. The minimum atomic E-state index is 0.449. The predicted molar refractivity (Wildman–Crippen MR) is 87.7 cm³/mol. The molecular weight excluding hydrogens is 244 g/mol. The molecule has 2 fully saturated rings. The summed E-state index contributed by atoms with van der Waals surface area (Å²) in [6, 6.07) is 1.34. The molecule has 2 aliphatic rings. The summed E-state index contributed by atoms with van der Waals surface area (Å²) in [5, 5.41) is 0. The van der Waals surface area contributed by atoms with E-state index in [2.05, 4.69) is 32.6 Å². The van der Waals surface area contributed by atoms with E-state index in [4.69, 9.17) is 5.73 Å². The van der Waals surface area contributed by atoms with E-state index < -0.39 is 0 Å². The quantitative estimate of drug-likeness (QED) is 0.766. The highest BCUT2D eigenvalue weighted by molar-refractivity contribution is 4.90. The van der Waals surface area contributed by atoms with Crippen molar-refractivity contribution in [1.82, 2.24) is 4.90 Å². The molecule has 118 valence electrons. The number of rotatable bonds is 7. The van der Waals surface area contributed by atoms with Crippen LogP contribution in [0.2, 0.25) is 0 Å². The van der Waals surface area contributed by atoms with E-state index in [1.807, 2.05) is 0 Å². The van der Waals surface area contributed by atoms with E-state index in [9.17, 15) is 0 Å². The Kier molecular flexibility index (Phi) is 5.92. The fourth-order valence-corrected chi connectivity index (χ4v) is 3.73. The summed E-state index contributed by atoms with van der Waals surface area (Å²) in [7, 11) is 0. The van der Waals surface area contributed by atoms with Crippen molar-refractivity contribution in [2.24, 2.45) is 29.4 Å². The Bertz CT molecular complexity index is 283. The Morgan fingerprint density at radius 2 is 1.75 bits per heavy atom. The van der Waals surface area contributed by atoms with Crippen LogP contribution < -0.4 is 5.73 Å². The number of nitrogens with zero attached hydrogens (tertiary/aromatic N) is 1. The first-order valence-electron chi connectivity index (χ1n) is 8.97. The van der Waals surface area contributed by atoms with E-state index in [1.165, 1.54) is 51.6 Å². The molecule has 3 unspecified atom stereocenters. The second-order valence-electron chi connectivity index (χ2n) is 8.15. The first-order valence-corrected chi connectivity index (χ1v) is 8.97. The summed E-state index contributed by atoms with van der Waals surface area (Å²) in [6.45, 7) is 12.0. The van der Waals surface area contributed by atoms with Gasteiger partial charge in [-0.15, -0.1) is 0 Å². The summed E-state index contributed by atoms with van der Waals surface area (Å²) in [5.41, 5.74) is 6.44. The van der Waals surface area contributed by atoms with Crippen molar-refractivity contribution in [3.05, 3.63) is 0 Å². The summed E-state index contributed by atoms with van der Waals surface area (Å²) in [4.78, 5) is 2.77. The van der Waals surface area contributed by atoms with Gasteiger partial charge in [0.1, 0.15) is 0 Å². The van der Waals surface area contributed by atoms with Gasteiger partial charge in [-0.1, -0.05) is 27.7 Å². The van der Waals surface area contributed by atoms with Gasteiger partial charge in [0.2, 0.25) is 0 Å². The van der Waals surface area contributed by atoms with E-state index >= 15 is 0 Å². The summed E-state index contributed by atoms with van der Waals surface area (Å²) in [5.74, 6) is 3.30. The van der Waals surface area contributed by atoms with Crippen molar-refractivity contribution in [3.8, 4) is 0 Å². The first kappa shape index (κ1) is 16.3. The lowest BCUT2D eigenvalue weighted by molar-refractivity contribution is 0.129. The highest BCUT2D eigenvalue weighted by Gasteiger charge is 2.35. The molecule has 3 atom stereocenters. The molecular formula is C18H36N2. The largest absolute Gasteiger partial charge is 0.327 e. The molecule has 2 nitrogen and oxygen atoms in total. The third-order valence-corrected chi connectivity index (χ3v) is 5.55. The molecule has 2 heteroatoms. The second-order valence-corrected chi connectivity index (χ2v) is 8.15. The maximum atomic E-state index is 6.44. The smallest absolute Gasteiger partial charge is 0.00965 e. The zero-order valence-corrected chi connectivity index (χ0v) is 14.1. The number of nitrogens with two attached hydrogens (primary N) is 1. The molecule has 0 radical (unpaired) electrons. The molecule has 0 amide bonds. The molecule has 2 rings (SSSR count). The van der Waals surface area contributed by atoms with Crippen molar-refractivity contribution < 1.29 is 0 Å². The molecule has 0 heterocycles. The third kappa shape index (κ3) is 4.73. The molecule has 0 aromatic heterocycles. The summed E-state index contributed by atoms with van der Waals surface area (Å²) < 4.78 is 0. The maximum absolute atomic E-state index is 6.44. The standard InChI is InChI=1S/C18H36N2/c1-13(2)9-10-20(17-6-7-17)12-16-11-15(14(3)4)5-8-18(16)19/h13-18H,5-12,19H2,1-4H3. The lowest BCUT2D eigenvalue weighted by atomic mass is 9.73. The zero-order chi connectivity index (χ0) is 14.7. The summed E-state index contributed by atoms with van der Waals surface area (Å²) in [6.07, 6.45) is 8.15. The average Bonchev–Trinajstić information content (AvgIpc) is 3.20. The van der Waals surface area contributed by atoms with Crippen LogP contribution in [0.5, 0.6) is 0 Å². The van der Waals surface area contributed by atoms with E-state index in [0.29, 0.717) is 6.04 Å². The van der Waals surface area contributed by atoms with Gasteiger partial charge in [-0.25, -0.2) is 0 Å². The van der Waals surface area contributed by atoms with Crippen molar-refractivity contribution in [3.63, 3.8) is 0 Å². The van der Waals surface area contributed by atoms with Crippen LogP contribution in [-0.4, -0.2) is 30.1 Å². The van der Waals surface area contributed by atoms with Crippen molar-refractivity contribution >= 4 is 0 Å². The second kappa shape index (κ2) is 7.26. The Morgan fingerprint density at radius 1 is 1.05 bits per heavy atom. The van der Waals surface area contributed by atoms with Crippen LogP contribution in [-0.2, 0) is 0 Å². The van der Waals surface area contributed by atoms with Crippen LogP contribution in [0, 0.1) is 23.7 Å². The molecule has 2 N–H and O–H groups in total. The van der Waals surface area contributed by atoms with Gasteiger partial charge in [0, 0.05) is 18.6 Å². The van der Waals surface area contributed by atoms with E-state index in [-0.39, 0.29) is 0 Å². The molecule has 0 bridgehead atoms. The SMILES string of the molecule is CC(C)CCN(CC1CC(C(C)C)CCC1N)C1CC1. The van der Waals surface area contributed by atoms with Gasteiger partial charge in [-0.2, -0.15) is 0 Å². The third-order valence-electron chi connectivity index (χ3n) is 5.55. The van der Waals surface area contributed by atoms with Crippen LogP contribution in [0.15, 0.2) is 0 Å². The van der Waals surface area contributed by atoms with Crippen LogP contribution in [0.4, 0.5) is 0 Å². The van der Waals surface area contributed by atoms with Crippen LogP contribution in [0.1, 0.15) is 66.2 Å². The number of hydrogen-bond acceptors (Lipinski definition) is 2. The van der Waals surface area contributed by atoms with Gasteiger partial charge in [0.15, 0.2) is 0 Å². The molecule has 0 aromatic carbocycles. The Balaban J connectivity index is 1.87. The lowest BCUT2D eigenvalue weighted by Crippen LogP contribution is -2.44. The normalized spacial score (nSPS) is 31.5. The van der Waals surface area contributed by atoms with E-state index in [1.54, 1.807) is 0 Å². The monoisotopic (exact) mass is 280 g/mol. The Labute approximate surface area is 126 Å². The van der Waals surface area contributed by atoms with Crippen molar-refractivity contribution in [1.29, 1.82) is 0 Å². The van der Waals surface area contributed by atoms with Crippen molar-refractivity contribution in [2.45, 2.75) is 78.3 Å². The first-order chi connectivity index (χ1) is 9.47. The van der Waals surface area contributed by atoms with Gasteiger partial charge in [0.05, 0.1) is 0 Å². The molecule has 0 spiro atoms. The molecule has 2 saturated carbocycles. The topological polar surface area (TPSA) is 29.3 Å². The van der Waals surface area contributed by atoms with Gasteiger partial charge in [-0.05, 0) is 68.7 Å². The van der Waals surface area contributed by atoms with Gasteiger partial charge in [-0.3, -0.25) is 0 Å². The number of hydrogen-bond donors (Lipinski definition) is 1. The van der Waals surface area contributed by atoms with Crippen LogP contribution in [0.25, 0.3) is 0 Å².